The lowest BCUT2D eigenvalue weighted by molar-refractivity contribution is 0.0595. The second kappa shape index (κ2) is 8.94. The Labute approximate surface area is 148 Å². The number of hydrogen-bond acceptors (Lipinski definition) is 6. The van der Waals surface area contributed by atoms with E-state index in [2.05, 4.69) is 4.90 Å². The van der Waals surface area contributed by atoms with Crippen molar-refractivity contribution in [1.82, 2.24) is 4.90 Å². The molecule has 25 heavy (non-hydrogen) atoms. The highest BCUT2D eigenvalue weighted by molar-refractivity contribution is 5.93. The summed E-state index contributed by atoms with van der Waals surface area (Å²) < 4.78 is 10.5. The molecular formula is C19H25N3O3. The van der Waals surface area contributed by atoms with Gasteiger partial charge in [0.25, 0.3) is 0 Å². The molecule has 0 fully saturated rings. The highest BCUT2D eigenvalue weighted by atomic mass is 16.5. The molecule has 0 aromatic heterocycles. The summed E-state index contributed by atoms with van der Waals surface area (Å²) >= 11 is 0. The molecule has 6 heteroatoms. The summed E-state index contributed by atoms with van der Waals surface area (Å²) in [5, 5.41) is 0. The number of nitrogens with zero attached hydrogens (tertiary/aromatic N) is 1. The van der Waals surface area contributed by atoms with Gasteiger partial charge in [-0.3, -0.25) is 0 Å². The van der Waals surface area contributed by atoms with E-state index in [9.17, 15) is 4.79 Å². The summed E-state index contributed by atoms with van der Waals surface area (Å²) in [6.45, 7) is 2.10. The van der Waals surface area contributed by atoms with Crippen LogP contribution in [-0.2, 0) is 11.2 Å². The summed E-state index contributed by atoms with van der Waals surface area (Å²) in [6.07, 6.45) is 0.937. The standard InChI is InChI=1S/C19H25N3O3/c1-22(10-9-14-3-5-15(20)6-4-14)11-12-25-18-8-7-16(21)13-17(18)19(23)24-2/h3-8,13H,9-12,20-21H2,1-2H3. The molecule has 0 aliphatic carbocycles. The Balaban J connectivity index is 1.82. The normalized spacial score (nSPS) is 10.7. The van der Waals surface area contributed by atoms with Crippen molar-refractivity contribution >= 4 is 17.3 Å². The zero-order valence-corrected chi connectivity index (χ0v) is 14.7. The number of hydrogen-bond donors (Lipinski definition) is 2. The number of ether oxygens (including phenoxy) is 2. The third-order valence-corrected chi connectivity index (χ3v) is 3.90. The zero-order valence-electron chi connectivity index (χ0n) is 14.7. The van der Waals surface area contributed by atoms with E-state index in [1.54, 1.807) is 18.2 Å². The van der Waals surface area contributed by atoms with Gasteiger partial charge < -0.3 is 25.8 Å². The van der Waals surface area contributed by atoms with Crippen LogP contribution in [0.1, 0.15) is 15.9 Å². The van der Waals surface area contributed by atoms with Gasteiger partial charge in [-0.2, -0.15) is 0 Å². The van der Waals surface area contributed by atoms with Gasteiger partial charge in [-0.1, -0.05) is 12.1 Å². The van der Waals surface area contributed by atoms with Crippen LogP contribution in [0.5, 0.6) is 5.75 Å². The Morgan fingerprint density at radius 2 is 1.72 bits per heavy atom. The number of rotatable bonds is 8. The number of carbonyl (C=O) groups excluding carboxylic acids is 1. The average molecular weight is 343 g/mol. The summed E-state index contributed by atoms with van der Waals surface area (Å²) in [5.74, 6) is 0.0204. The maximum atomic E-state index is 11.8. The number of methoxy groups -OCH3 is 1. The molecule has 0 unspecified atom stereocenters. The minimum atomic E-state index is -0.459. The van der Waals surface area contributed by atoms with Crippen LogP contribution in [0.2, 0.25) is 0 Å². The van der Waals surface area contributed by atoms with Crippen LogP contribution in [0.15, 0.2) is 42.5 Å². The second-order valence-corrected chi connectivity index (χ2v) is 5.89. The SMILES string of the molecule is COC(=O)c1cc(N)ccc1OCCN(C)CCc1ccc(N)cc1. The van der Waals surface area contributed by atoms with E-state index in [0.717, 1.165) is 25.2 Å². The Kier molecular flexibility index (Phi) is 6.65. The fourth-order valence-corrected chi connectivity index (χ4v) is 2.37. The predicted molar refractivity (Wildman–Crippen MR) is 99.7 cm³/mol. The third kappa shape index (κ3) is 5.69. The van der Waals surface area contributed by atoms with Crippen LogP contribution < -0.4 is 16.2 Å². The van der Waals surface area contributed by atoms with E-state index in [0.29, 0.717) is 23.6 Å². The monoisotopic (exact) mass is 343 g/mol. The van der Waals surface area contributed by atoms with Crippen LogP contribution in [-0.4, -0.2) is 44.7 Å². The smallest absolute Gasteiger partial charge is 0.341 e. The van der Waals surface area contributed by atoms with Crippen LogP contribution in [0.3, 0.4) is 0 Å². The largest absolute Gasteiger partial charge is 0.491 e. The van der Waals surface area contributed by atoms with Gasteiger partial charge in [0, 0.05) is 24.5 Å². The first-order valence-corrected chi connectivity index (χ1v) is 8.13. The van der Waals surface area contributed by atoms with Crippen molar-refractivity contribution in [3.8, 4) is 5.75 Å². The average Bonchev–Trinajstić information content (AvgIpc) is 2.61. The molecule has 134 valence electrons. The zero-order chi connectivity index (χ0) is 18.2. The Bertz CT molecular complexity index is 702. The maximum absolute atomic E-state index is 11.8. The maximum Gasteiger partial charge on any atom is 0.341 e. The highest BCUT2D eigenvalue weighted by Gasteiger charge is 2.13. The summed E-state index contributed by atoms with van der Waals surface area (Å²) in [4.78, 5) is 14.0. The Morgan fingerprint density at radius 1 is 1.04 bits per heavy atom. The number of nitrogens with two attached hydrogens (primary N) is 2. The topological polar surface area (TPSA) is 90.8 Å². The number of esters is 1. The van der Waals surface area contributed by atoms with Crippen LogP contribution >= 0.6 is 0 Å². The van der Waals surface area contributed by atoms with Crippen LogP contribution in [0.25, 0.3) is 0 Å². The van der Waals surface area contributed by atoms with Crippen LogP contribution in [0.4, 0.5) is 11.4 Å². The summed E-state index contributed by atoms with van der Waals surface area (Å²) in [7, 11) is 3.37. The Morgan fingerprint density at radius 3 is 2.40 bits per heavy atom. The molecule has 2 aromatic rings. The van der Waals surface area contributed by atoms with E-state index >= 15 is 0 Å². The van der Waals surface area contributed by atoms with E-state index in [-0.39, 0.29) is 0 Å². The number of likely N-dealkylation sites (N-methyl/N-ethyl adjacent to an activating group) is 1. The molecule has 0 amide bonds. The first-order valence-electron chi connectivity index (χ1n) is 8.13. The lowest BCUT2D eigenvalue weighted by Crippen LogP contribution is -2.26. The van der Waals surface area contributed by atoms with Crippen molar-refractivity contribution in [1.29, 1.82) is 0 Å². The van der Waals surface area contributed by atoms with Gasteiger partial charge >= 0.3 is 5.97 Å². The summed E-state index contributed by atoms with van der Waals surface area (Å²) in [6, 6.07) is 12.9. The van der Waals surface area contributed by atoms with Gasteiger partial charge in [0.05, 0.1) is 7.11 Å². The lowest BCUT2D eigenvalue weighted by Gasteiger charge is -2.18. The van der Waals surface area contributed by atoms with Crippen molar-refractivity contribution in [2.45, 2.75) is 6.42 Å². The lowest BCUT2D eigenvalue weighted by atomic mass is 10.1. The van der Waals surface area contributed by atoms with Crippen molar-refractivity contribution in [2.75, 3.05) is 45.3 Å². The molecule has 0 aliphatic heterocycles. The van der Waals surface area contributed by atoms with Gasteiger partial charge in [0.1, 0.15) is 17.9 Å². The van der Waals surface area contributed by atoms with Crippen molar-refractivity contribution in [2.24, 2.45) is 0 Å². The van der Waals surface area contributed by atoms with Gasteiger partial charge in [0.2, 0.25) is 0 Å². The molecule has 0 atom stereocenters. The quantitative estimate of drug-likeness (QED) is 0.564. The number of anilines is 2. The molecule has 0 spiro atoms. The van der Waals surface area contributed by atoms with Crippen molar-refractivity contribution in [3.05, 3.63) is 53.6 Å². The Hall–Kier alpha value is -2.73. The minimum Gasteiger partial charge on any atom is -0.491 e. The van der Waals surface area contributed by atoms with E-state index in [4.69, 9.17) is 20.9 Å². The number of nitrogen functional groups attached to an aromatic ring is 2. The van der Waals surface area contributed by atoms with E-state index < -0.39 is 5.97 Å². The second-order valence-electron chi connectivity index (χ2n) is 5.89. The molecule has 6 nitrogen and oxygen atoms in total. The molecule has 0 saturated heterocycles. The first-order chi connectivity index (χ1) is 12.0. The highest BCUT2D eigenvalue weighted by Crippen LogP contribution is 2.22. The van der Waals surface area contributed by atoms with E-state index in [1.165, 1.54) is 12.7 Å². The summed E-state index contributed by atoms with van der Waals surface area (Å²) in [5.41, 5.74) is 14.3. The molecule has 2 rings (SSSR count). The minimum absolute atomic E-state index is 0.340. The van der Waals surface area contributed by atoms with Gasteiger partial charge in [-0.05, 0) is 49.4 Å². The molecule has 0 heterocycles. The predicted octanol–water partition coefficient (Wildman–Crippen LogP) is 2.19. The third-order valence-electron chi connectivity index (χ3n) is 3.90. The molecule has 0 saturated carbocycles. The first kappa shape index (κ1) is 18.6. The molecule has 2 aromatic carbocycles. The number of carbonyl (C=O) groups is 1. The van der Waals surface area contributed by atoms with Gasteiger partial charge in [0.15, 0.2) is 0 Å². The fraction of sp³-hybridized carbons (Fsp3) is 0.316. The van der Waals surface area contributed by atoms with E-state index in [1.807, 2.05) is 31.3 Å². The number of benzene rings is 2. The molecule has 0 bridgehead atoms. The molecular weight excluding hydrogens is 318 g/mol. The molecule has 0 radical (unpaired) electrons. The van der Waals surface area contributed by atoms with Gasteiger partial charge in [-0.15, -0.1) is 0 Å². The van der Waals surface area contributed by atoms with Crippen LogP contribution in [0, 0.1) is 0 Å². The van der Waals surface area contributed by atoms with Gasteiger partial charge in [-0.25, -0.2) is 4.79 Å². The molecule has 4 N–H and O–H groups in total. The van der Waals surface area contributed by atoms with Crippen molar-refractivity contribution in [3.63, 3.8) is 0 Å². The molecule has 0 aliphatic rings. The van der Waals surface area contributed by atoms with Crippen molar-refractivity contribution < 1.29 is 14.3 Å². The fourth-order valence-electron chi connectivity index (χ4n) is 2.37.